The molecule has 14 heavy (non-hydrogen) atoms. The fraction of sp³-hybridized carbons (Fsp3) is 0.250. The monoisotopic (exact) mass is 398 g/mol. The molecule has 78 valence electrons. The van der Waals surface area contributed by atoms with Crippen LogP contribution in [0.2, 0.25) is 0 Å². The van der Waals surface area contributed by atoms with Crippen molar-refractivity contribution in [2.75, 3.05) is 0 Å². The highest BCUT2D eigenvalue weighted by molar-refractivity contribution is 14.1. The Bertz CT molecular complexity index is 351. The summed E-state index contributed by atoms with van der Waals surface area (Å²) in [7, 11) is 0. The van der Waals surface area contributed by atoms with Crippen LogP contribution in [0.15, 0.2) is 16.6 Å². The fourth-order valence-electron chi connectivity index (χ4n) is 0.959. The first kappa shape index (κ1) is 12.6. The maximum Gasteiger partial charge on any atom is 0.418 e. The van der Waals surface area contributed by atoms with Gasteiger partial charge in [-0.1, -0.05) is 6.07 Å². The predicted molar refractivity (Wildman–Crippen MR) is 61.4 cm³/mol. The second-order valence-electron chi connectivity index (χ2n) is 2.53. The molecule has 1 rings (SSSR count). The zero-order valence-corrected chi connectivity index (χ0v) is 11.1. The number of benzene rings is 1. The summed E-state index contributed by atoms with van der Waals surface area (Å²) in [5.41, 5.74) is -0.212. The smallest absolute Gasteiger partial charge is 0.166 e. The molecular weight excluding hydrogens is 395 g/mol. The lowest BCUT2D eigenvalue weighted by Gasteiger charge is -2.13. The summed E-state index contributed by atoms with van der Waals surface area (Å²) in [6.07, 6.45) is -4.35. The van der Waals surface area contributed by atoms with Crippen molar-refractivity contribution in [1.82, 2.24) is 0 Å². The Morgan fingerprint density at radius 3 is 2.36 bits per heavy atom. The highest BCUT2D eigenvalue weighted by Gasteiger charge is 2.36. The minimum atomic E-state index is -4.35. The molecule has 0 spiro atoms. The maximum absolute atomic E-state index is 12.5. The summed E-state index contributed by atoms with van der Waals surface area (Å²) in [5, 5.41) is 0. The molecule has 0 bridgehead atoms. The second-order valence-corrected chi connectivity index (χ2v) is 4.75. The van der Waals surface area contributed by atoms with Crippen LogP contribution >= 0.6 is 50.1 Å². The van der Waals surface area contributed by atoms with Crippen LogP contribution in [-0.4, -0.2) is 0 Å². The molecule has 0 atom stereocenters. The Balaban J connectivity index is 3.40. The van der Waals surface area contributed by atoms with Crippen LogP contribution in [0.4, 0.5) is 13.2 Å². The number of hydrogen-bond acceptors (Lipinski definition) is 0. The average molecular weight is 399 g/mol. The van der Waals surface area contributed by atoms with Gasteiger partial charge in [0.05, 0.1) is 5.56 Å². The van der Waals surface area contributed by atoms with E-state index in [1.54, 1.807) is 28.7 Å². The lowest BCUT2D eigenvalue weighted by Crippen LogP contribution is -2.09. The summed E-state index contributed by atoms with van der Waals surface area (Å²) in [6.45, 7) is 0. The third-order valence-corrected chi connectivity index (χ3v) is 3.69. The lowest BCUT2D eigenvalue weighted by molar-refractivity contribution is -0.138. The number of hydrogen-bond donors (Lipinski definition) is 0. The van der Waals surface area contributed by atoms with Crippen LogP contribution < -0.4 is 0 Å². The van der Waals surface area contributed by atoms with Gasteiger partial charge in [0.1, 0.15) is 0 Å². The third-order valence-electron chi connectivity index (χ3n) is 1.60. The first-order valence-electron chi connectivity index (χ1n) is 3.48. The van der Waals surface area contributed by atoms with Crippen molar-refractivity contribution < 1.29 is 13.2 Å². The van der Waals surface area contributed by atoms with Gasteiger partial charge >= 0.3 is 6.18 Å². The molecule has 0 radical (unpaired) electrons. The van der Waals surface area contributed by atoms with Gasteiger partial charge in [-0.15, -0.1) is 11.6 Å². The molecule has 1 aromatic carbocycles. The Kier molecular flexibility index (Phi) is 4.11. The van der Waals surface area contributed by atoms with E-state index in [9.17, 15) is 13.2 Å². The van der Waals surface area contributed by atoms with Crippen molar-refractivity contribution in [3.63, 3.8) is 0 Å². The minimum absolute atomic E-state index is 0.0342. The van der Waals surface area contributed by atoms with E-state index in [0.717, 1.165) is 0 Å². The Hall–Kier alpha value is 0.510. The fourth-order valence-corrected chi connectivity index (χ4v) is 3.18. The summed E-state index contributed by atoms with van der Waals surface area (Å²) >= 11 is 10.1. The minimum Gasteiger partial charge on any atom is -0.166 e. The zero-order valence-electron chi connectivity index (χ0n) is 6.63. The normalized spacial score (nSPS) is 11.9. The van der Waals surface area contributed by atoms with Gasteiger partial charge in [-0.3, -0.25) is 0 Å². The van der Waals surface area contributed by atoms with E-state index in [0.29, 0.717) is 5.56 Å². The molecule has 6 heteroatoms. The average Bonchev–Trinajstić information content (AvgIpc) is 2.02. The summed E-state index contributed by atoms with van der Waals surface area (Å²) < 4.78 is 37.8. The molecule has 0 fully saturated rings. The van der Waals surface area contributed by atoms with Gasteiger partial charge in [0.25, 0.3) is 0 Å². The molecule has 0 amide bonds. The van der Waals surface area contributed by atoms with E-state index < -0.39 is 11.7 Å². The van der Waals surface area contributed by atoms with Crippen molar-refractivity contribution in [1.29, 1.82) is 0 Å². The highest BCUT2D eigenvalue weighted by atomic mass is 127. The summed E-state index contributed by atoms with van der Waals surface area (Å²) in [5.74, 6) is 0.0561. The maximum atomic E-state index is 12.5. The molecule has 1 aromatic rings. The molecular formula is C8H4BrClF3I. The summed E-state index contributed by atoms with van der Waals surface area (Å²) in [4.78, 5) is 0. The van der Waals surface area contributed by atoms with E-state index in [1.165, 1.54) is 6.07 Å². The molecule has 0 unspecified atom stereocenters. The predicted octanol–water partition coefficient (Wildman–Crippen LogP) is 4.81. The molecule has 0 N–H and O–H groups in total. The lowest BCUT2D eigenvalue weighted by atomic mass is 10.1. The van der Waals surface area contributed by atoms with Crippen LogP contribution in [0.5, 0.6) is 0 Å². The largest absolute Gasteiger partial charge is 0.418 e. The molecule has 0 saturated heterocycles. The van der Waals surface area contributed by atoms with Crippen molar-refractivity contribution in [3.05, 3.63) is 31.3 Å². The van der Waals surface area contributed by atoms with Crippen molar-refractivity contribution >= 4 is 50.1 Å². The third kappa shape index (κ3) is 2.55. The topological polar surface area (TPSA) is 0 Å². The number of alkyl halides is 4. The van der Waals surface area contributed by atoms with Gasteiger partial charge in [0, 0.05) is 13.9 Å². The van der Waals surface area contributed by atoms with E-state index >= 15 is 0 Å². The van der Waals surface area contributed by atoms with Crippen molar-refractivity contribution in [2.24, 2.45) is 0 Å². The van der Waals surface area contributed by atoms with Gasteiger partial charge in [0.2, 0.25) is 0 Å². The van der Waals surface area contributed by atoms with E-state index in [1.807, 2.05) is 0 Å². The first-order valence-corrected chi connectivity index (χ1v) is 5.88. The summed E-state index contributed by atoms with van der Waals surface area (Å²) in [6, 6.07) is 2.99. The first-order chi connectivity index (χ1) is 6.38. The van der Waals surface area contributed by atoms with Gasteiger partial charge < -0.3 is 0 Å². The number of rotatable bonds is 1. The highest BCUT2D eigenvalue weighted by Crippen LogP contribution is 2.39. The number of halogens is 6. The Morgan fingerprint density at radius 1 is 1.36 bits per heavy atom. The van der Waals surface area contributed by atoms with Crippen molar-refractivity contribution in [3.8, 4) is 0 Å². The molecule has 0 aromatic heterocycles. The quantitative estimate of drug-likeness (QED) is 0.470. The van der Waals surface area contributed by atoms with Crippen LogP contribution in [0.1, 0.15) is 11.1 Å². The molecule has 0 aliphatic heterocycles. The van der Waals surface area contributed by atoms with Crippen LogP contribution in [-0.2, 0) is 12.1 Å². The van der Waals surface area contributed by atoms with Gasteiger partial charge in [-0.25, -0.2) is 0 Å². The van der Waals surface area contributed by atoms with Crippen LogP contribution in [0, 0.1) is 3.57 Å². The van der Waals surface area contributed by atoms with Crippen LogP contribution in [0.25, 0.3) is 0 Å². The molecule has 0 heterocycles. The Morgan fingerprint density at radius 2 is 1.93 bits per heavy atom. The van der Waals surface area contributed by atoms with Gasteiger partial charge in [-0.2, -0.15) is 13.2 Å². The van der Waals surface area contributed by atoms with E-state index in [-0.39, 0.29) is 13.9 Å². The van der Waals surface area contributed by atoms with Crippen LogP contribution in [0.3, 0.4) is 0 Å². The van der Waals surface area contributed by atoms with Gasteiger partial charge in [-0.05, 0) is 50.2 Å². The molecule has 0 saturated carbocycles. The van der Waals surface area contributed by atoms with Crippen molar-refractivity contribution in [2.45, 2.75) is 12.1 Å². The molecule has 0 aliphatic rings. The zero-order chi connectivity index (χ0) is 10.9. The molecule has 0 nitrogen and oxygen atoms in total. The molecule has 0 aliphatic carbocycles. The Labute approximate surface area is 106 Å². The van der Waals surface area contributed by atoms with E-state index in [4.69, 9.17) is 11.6 Å². The standard InChI is InChI=1S/C8H4BrClF3I/c9-7-4(3-10)1-2-5(14)6(7)8(11,12)13/h1-2H,3H2. The van der Waals surface area contributed by atoms with E-state index in [2.05, 4.69) is 15.9 Å². The SMILES string of the molecule is FC(F)(F)c1c(I)ccc(CCl)c1Br. The van der Waals surface area contributed by atoms with Gasteiger partial charge in [0.15, 0.2) is 0 Å². The second kappa shape index (κ2) is 4.57.